The van der Waals surface area contributed by atoms with E-state index in [0.717, 1.165) is 42.2 Å². The highest BCUT2D eigenvalue weighted by molar-refractivity contribution is 5.93. The normalized spacial score (nSPS) is 10.7. The van der Waals surface area contributed by atoms with Gasteiger partial charge in [0, 0.05) is 64.9 Å². The summed E-state index contributed by atoms with van der Waals surface area (Å²) >= 11 is 0. The number of nitrogens with one attached hydrogen (secondary N) is 2. The lowest BCUT2D eigenvalue weighted by Crippen LogP contribution is -2.21. The summed E-state index contributed by atoms with van der Waals surface area (Å²) in [5, 5.41) is 49.5. The molecule has 0 atom stereocenters. The van der Waals surface area contributed by atoms with Gasteiger partial charge in [-0.3, -0.25) is 14.4 Å². The highest BCUT2D eigenvalue weighted by Gasteiger charge is 2.20. The molecule has 0 spiro atoms. The van der Waals surface area contributed by atoms with Crippen molar-refractivity contribution in [2.75, 3.05) is 46.6 Å². The number of azo groups is 2. The maximum atomic E-state index is 11.8. The Balaban J connectivity index is 0.000000306. The number of carbonyl (C=O) groups excluding carboxylic acids is 3. The zero-order valence-electron chi connectivity index (χ0n) is 33.9. The molecule has 2 heterocycles. The number of carbonyl (C=O) groups is 3. The minimum Gasteiger partial charge on any atom is -0.397 e. The zero-order chi connectivity index (χ0) is 42.4. The molecule has 0 aliphatic carbocycles. The Morgan fingerprint density at radius 1 is 0.754 bits per heavy atom. The van der Waals surface area contributed by atoms with Crippen molar-refractivity contribution in [3.8, 4) is 12.1 Å². The summed E-state index contributed by atoms with van der Waals surface area (Å²) in [6.07, 6.45) is 0. The largest absolute Gasteiger partial charge is 0.397 e. The average Bonchev–Trinajstić information content (AvgIpc) is 3.71. The number of aromatic nitrogens is 4. The second-order valence-electron chi connectivity index (χ2n) is 12.3. The summed E-state index contributed by atoms with van der Waals surface area (Å²) in [6, 6.07) is 15.1. The molecule has 4 N–H and O–H groups in total. The molecule has 18 nitrogen and oxygen atoms in total. The number of nitrogens with two attached hydrogens (primary N) is 1. The molecule has 18 heteroatoms. The van der Waals surface area contributed by atoms with Gasteiger partial charge in [0.25, 0.3) is 0 Å². The molecule has 0 aliphatic rings. The fraction of sp³-hybridized carbons (Fsp3) is 0.359. The molecule has 0 aliphatic heterocycles. The zero-order valence-corrected chi connectivity index (χ0v) is 33.9. The molecule has 4 rings (SSSR count). The molecular weight excluding hydrogens is 727 g/mol. The number of hydrogen-bond acceptors (Lipinski definition) is 14. The Labute approximate surface area is 332 Å². The Morgan fingerprint density at radius 3 is 1.58 bits per heavy atom. The lowest BCUT2D eigenvalue weighted by Gasteiger charge is -2.22. The summed E-state index contributed by atoms with van der Waals surface area (Å²) in [7, 11) is 0. The molecule has 2 aromatic carbocycles. The van der Waals surface area contributed by atoms with E-state index in [2.05, 4.69) is 77.6 Å². The van der Waals surface area contributed by atoms with E-state index in [9.17, 15) is 24.9 Å². The van der Waals surface area contributed by atoms with Crippen LogP contribution in [0, 0.1) is 29.6 Å². The van der Waals surface area contributed by atoms with E-state index in [4.69, 9.17) is 5.73 Å². The van der Waals surface area contributed by atoms with Crippen LogP contribution >= 0.6 is 0 Å². The summed E-state index contributed by atoms with van der Waals surface area (Å²) < 4.78 is 2.58. The van der Waals surface area contributed by atoms with Crippen molar-refractivity contribution < 1.29 is 14.4 Å². The van der Waals surface area contributed by atoms with E-state index in [-0.39, 0.29) is 46.2 Å². The predicted octanol–water partition coefficient (Wildman–Crippen LogP) is 7.87. The average molecular weight is 776 g/mol. The van der Waals surface area contributed by atoms with E-state index in [0.29, 0.717) is 40.7 Å². The Bertz CT molecular complexity index is 2260. The number of nitriles is 2. The lowest BCUT2D eigenvalue weighted by atomic mass is 10.2. The Morgan fingerprint density at radius 2 is 1.21 bits per heavy atom. The molecule has 0 radical (unpaired) electrons. The lowest BCUT2D eigenvalue weighted by molar-refractivity contribution is -0.115. The van der Waals surface area contributed by atoms with Gasteiger partial charge >= 0.3 is 0 Å². The molecule has 2 aromatic heterocycles. The monoisotopic (exact) mass is 775 g/mol. The quantitative estimate of drug-likeness (QED) is 0.105. The van der Waals surface area contributed by atoms with Crippen molar-refractivity contribution in [1.82, 2.24) is 19.6 Å². The smallest absolute Gasteiger partial charge is 0.245 e. The van der Waals surface area contributed by atoms with Gasteiger partial charge in [0.1, 0.15) is 40.3 Å². The third-order valence-corrected chi connectivity index (χ3v) is 8.43. The molecular formula is C39H49N15O3. The van der Waals surface area contributed by atoms with Crippen LogP contribution in [0.15, 0.2) is 63.4 Å². The molecule has 0 bridgehead atoms. The van der Waals surface area contributed by atoms with Gasteiger partial charge in [-0.1, -0.05) is 6.58 Å². The molecule has 57 heavy (non-hydrogen) atoms. The summed E-state index contributed by atoms with van der Waals surface area (Å²) in [5.74, 6) is -0.475. The first kappa shape index (κ1) is 44.2. The molecule has 0 saturated carbocycles. The van der Waals surface area contributed by atoms with Crippen LogP contribution in [0.3, 0.4) is 0 Å². The van der Waals surface area contributed by atoms with E-state index < -0.39 is 0 Å². The summed E-state index contributed by atoms with van der Waals surface area (Å²) in [5.41, 5.74) is 10.8. The number of anilines is 4. The van der Waals surface area contributed by atoms with Gasteiger partial charge in [-0.05, 0) is 77.9 Å². The number of rotatable bonds is 14. The van der Waals surface area contributed by atoms with Crippen molar-refractivity contribution in [1.29, 1.82) is 10.5 Å². The van der Waals surface area contributed by atoms with Gasteiger partial charge in [-0.25, -0.2) is 4.68 Å². The summed E-state index contributed by atoms with van der Waals surface area (Å²) in [4.78, 5) is 39.3. The van der Waals surface area contributed by atoms with Crippen LogP contribution in [-0.2, 0) is 16.1 Å². The third kappa shape index (κ3) is 10.9. The fourth-order valence-corrected chi connectivity index (χ4v) is 5.64. The van der Waals surface area contributed by atoms with Crippen LogP contribution in [-0.4, -0.2) is 63.5 Å². The predicted molar refractivity (Wildman–Crippen MR) is 221 cm³/mol. The van der Waals surface area contributed by atoms with Crippen molar-refractivity contribution in [3.05, 3.63) is 65.5 Å². The Hall–Kier alpha value is -7.21. The van der Waals surface area contributed by atoms with Crippen LogP contribution in [0.5, 0.6) is 0 Å². The molecule has 2 amide bonds. The number of benzene rings is 2. The SMILES string of the molecule is C=C(N)c1nn(CC)c(N=Nc2ccc(N(CC)CC)cc2NC(C)=O)c1C#N.CCN(CC)c1ccc(N=Nc2c(C#N)c(C)nn2C(C)=O)c(NC(C)=O)c1. The number of nitrogens with zero attached hydrogens (tertiary/aromatic N) is 12. The first-order chi connectivity index (χ1) is 27.2. The van der Waals surface area contributed by atoms with Gasteiger partial charge in [0.2, 0.25) is 17.7 Å². The number of amides is 2. The minimum atomic E-state index is -0.377. The first-order valence-corrected chi connectivity index (χ1v) is 18.3. The summed E-state index contributed by atoms with van der Waals surface area (Å²) in [6.45, 7) is 23.3. The highest BCUT2D eigenvalue weighted by atomic mass is 16.2. The second kappa shape index (κ2) is 20.5. The van der Waals surface area contributed by atoms with Crippen molar-refractivity contribution in [2.24, 2.45) is 26.2 Å². The van der Waals surface area contributed by atoms with Crippen LogP contribution in [0.2, 0.25) is 0 Å². The molecule has 0 fully saturated rings. The number of hydrogen-bond donors (Lipinski definition) is 3. The topological polar surface area (TPSA) is 240 Å². The van der Waals surface area contributed by atoms with Crippen molar-refractivity contribution in [2.45, 2.75) is 68.9 Å². The van der Waals surface area contributed by atoms with Crippen LogP contribution in [0.25, 0.3) is 5.70 Å². The van der Waals surface area contributed by atoms with Crippen LogP contribution in [0.1, 0.15) is 82.7 Å². The second-order valence-corrected chi connectivity index (χ2v) is 12.3. The minimum absolute atomic E-state index is 0.0640. The van der Waals surface area contributed by atoms with E-state index in [1.165, 1.54) is 25.5 Å². The molecule has 298 valence electrons. The van der Waals surface area contributed by atoms with Gasteiger partial charge in [0.15, 0.2) is 11.6 Å². The van der Waals surface area contributed by atoms with Gasteiger partial charge in [0.05, 0.1) is 22.8 Å². The fourth-order valence-electron chi connectivity index (χ4n) is 5.64. The highest BCUT2D eigenvalue weighted by Crippen LogP contribution is 2.34. The van der Waals surface area contributed by atoms with Gasteiger partial charge in [-0.15, -0.1) is 20.5 Å². The van der Waals surface area contributed by atoms with Crippen LogP contribution < -0.4 is 26.2 Å². The van der Waals surface area contributed by atoms with Crippen molar-refractivity contribution >= 4 is 69.2 Å². The molecule has 4 aromatic rings. The first-order valence-electron chi connectivity index (χ1n) is 18.3. The maximum absolute atomic E-state index is 11.8. The van der Waals surface area contributed by atoms with E-state index >= 15 is 0 Å². The van der Waals surface area contributed by atoms with Gasteiger partial charge < -0.3 is 26.2 Å². The standard InChI is InChI=1S/C20H26N8O.C19H23N7O2/c1-6-27(7-2)15-9-10-17(18(11-15)23-14(5)29)24-25-20-16(12-21)19(13(4)22)26-28(20)8-3;1-6-25(7-2)15-8-9-17(18(10-15)21-13(4)27)22-23-19-16(11-20)12(3)24-26(19)14(5)28/h9-11H,4,6-8,22H2,1-3,5H3,(H,23,29);8-10H,6-7H2,1-5H3,(H,21,27). The maximum Gasteiger partial charge on any atom is 0.245 e. The van der Waals surface area contributed by atoms with Crippen LogP contribution in [0.4, 0.5) is 45.8 Å². The van der Waals surface area contributed by atoms with E-state index in [1.807, 2.05) is 51.1 Å². The number of aryl methyl sites for hydroxylation is 2. The van der Waals surface area contributed by atoms with Crippen molar-refractivity contribution in [3.63, 3.8) is 0 Å². The van der Waals surface area contributed by atoms with E-state index in [1.54, 1.807) is 19.1 Å². The molecule has 0 saturated heterocycles. The third-order valence-electron chi connectivity index (χ3n) is 8.43. The van der Waals surface area contributed by atoms with Gasteiger partial charge in [-0.2, -0.15) is 25.4 Å². The Kier molecular flexibility index (Phi) is 15.9. The molecule has 0 unspecified atom stereocenters.